The van der Waals surface area contributed by atoms with Gasteiger partial charge in [0.25, 0.3) is 5.91 Å². The zero-order chi connectivity index (χ0) is 16.0. The molecule has 0 fully saturated rings. The maximum atomic E-state index is 12.8. The van der Waals surface area contributed by atoms with Crippen molar-refractivity contribution in [3.05, 3.63) is 71.4 Å². The molecule has 1 atom stereocenters. The number of carbonyl (C=O) groups excluding carboxylic acids is 1. The molecule has 0 aliphatic carbocycles. The lowest BCUT2D eigenvalue weighted by atomic mass is 9.97. The zero-order valence-electron chi connectivity index (χ0n) is 12.9. The minimum absolute atomic E-state index is 0.0662. The number of hydrogen-bond acceptors (Lipinski definition) is 1. The molecule has 0 bridgehead atoms. The van der Waals surface area contributed by atoms with Crippen LogP contribution in [0, 0.1) is 0 Å². The van der Waals surface area contributed by atoms with E-state index in [0.29, 0.717) is 12.4 Å². The van der Waals surface area contributed by atoms with Crippen molar-refractivity contribution in [3.63, 3.8) is 0 Å². The lowest BCUT2D eigenvalue weighted by Crippen LogP contribution is -2.30. The molecule has 0 saturated heterocycles. The molecular weight excluding hydrogens is 308 g/mol. The van der Waals surface area contributed by atoms with E-state index in [9.17, 15) is 4.79 Å². The molecule has 0 saturated carbocycles. The van der Waals surface area contributed by atoms with Crippen LogP contribution in [0.5, 0.6) is 0 Å². The minimum Gasteiger partial charge on any atom is -0.350 e. The molecule has 4 heteroatoms. The van der Waals surface area contributed by atoms with Gasteiger partial charge in [-0.1, -0.05) is 36.4 Å². The summed E-state index contributed by atoms with van der Waals surface area (Å²) >= 11 is 5.97. The molecule has 0 unspecified atom stereocenters. The van der Waals surface area contributed by atoms with Crippen LogP contribution in [0.1, 0.15) is 27.5 Å². The molecule has 0 radical (unpaired) electrons. The van der Waals surface area contributed by atoms with Gasteiger partial charge >= 0.3 is 0 Å². The number of alkyl halides is 1. The molecule has 1 aliphatic heterocycles. The number of para-hydroxylation sites is 1. The van der Waals surface area contributed by atoms with Crippen molar-refractivity contribution in [2.24, 2.45) is 7.05 Å². The molecule has 3 nitrogen and oxygen atoms in total. The average Bonchev–Trinajstić information content (AvgIpc) is 3.05. The average molecular weight is 325 g/mol. The molecule has 0 N–H and O–H groups in total. The van der Waals surface area contributed by atoms with Crippen LogP contribution in [0.2, 0.25) is 0 Å². The van der Waals surface area contributed by atoms with Gasteiger partial charge in [-0.15, -0.1) is 11.6 Å². The Hall–Kier alpha value is -2.26. The number of aromatic nitrogens is 1. The SMILES string of the molecule is Cn1cc([C@H]2c3ccccc3C(=O)N2CCCl)c2ccccc21. The van der Waals surface area contributed by atoms with Crippen molar-refractivity contribution in [3.8, 4) is 0 Å². The first-order valence-electron chi connectivity index (χ1n) is 7.72. The predicted molar refractivity (Wildman–Crippen MR) is 93.0 cm³/mol. The highest BCUT2D eigenvalue weighted by atomic mass is 35.5. The van der Waals surface area contributed by atoms with Gasteiger partial charge in [-0.25, -0.2) is 0 Å². The number of halogens is 1. The number of benzene rings is 2. The second-order valence-corrected chi connectivity index (χ2v) is 6.27. The Bertz CT molecular complexity index is 899. The van der Waals surface area contributed by atoms with E-state index in [1.54, 1.807) is 0 Å². The predicted octanol–water partition coefficient (Wildman–Crippen LogP) is 3.96. The first-order valence-corrected chi connectivity index (χ1v) is 8.25. The highest BCUT2D eigenvalue weighted by molar-refractivity contribution is 6.18. The first kappa shape index (κ1) is 14.3. The summed E-state index contributed by atoms with van der Waals surface area (Å²) in [6.07, 6.45) is 2.13. The van der Waals surface area contributed by atoms with Gasteiger partial charge in [0, 0.05) is 47.7 Å². The van der Waals surface area contributed by atoms with Crippen LogP contribution >= 0.6 is 11.6 Å². The second kappa shape index (κ2) is 5.43. The lowest BCUT2D eigenvalue weighted by molar-refractivity contribution is 0.0761. The third kappa shape index (κ3) is 2.07. The Balaban J connectivity index is 1.96. The topological polar surface area (TPSA) is 25.2 Å². The second-order valence-electron chi connectivity index (χ2n) is 5.89. The number of hydrogen-bond donors (Lipinski definition) is 0. The standard InChI is InChI=1S/C19H17ClN2O/c1-21-12-16(13-6-4-5-9-17(13)21)18-14-7-2-3-8-15(14)19(23)22(18)11-10-20/h2-9,12,18H,10-11H2,1H3/t18-/m1/s1. The van der Waals surface area contributed by atoms with E-state index in [1.165, 1.54) is 10.9 Å². The van der Waals surface area contributed by atoms with Gasteiger partial charge in [-0.3, -0.25) is 4.79 Å². The maximum absolute atomic E-state index is 12.8. The fraction of sp³-hybridized carbons (Fsp3) is 0.211. The lowest BCUT2D eigenvalue weighted by Gasteiger charge is -2.24. The molecule has 1 aliphatic rings. The summed E-state index contributed by atoms with van der Waals surface area (Å²) in [7, 11) is 2.04. The normalized spacial score (nSPS) is 17.0. The molecule has 1 aromatic heterocycles. The van der Waals surface area contributed by atoms with Gasteiger partial charge in [-0.05, 0) is 17.7 Å². The van der Waals surface area contributed by atoms with Crippen LogP contribution in [0.15, 0.2) is 54.7 Å². The van der Waals surface area contributed by atoms with E-state index in [1.807, 2.05) is 48.3 Å². The Morgan fingerprint density at radius 1 is 1.04 bits per heavy atom. The van der Waals surface area contributed by atoms with Gasteiger partial charge < -0.3 is 9.47 Å². The Morgan fingerprint density at radius 2 is 1.78 bits per heavy atom. The van der Waals surface area contributed by atoms with E-state index < -0.39 is 0 Å². The first-order chi connectivity index (χ1) is 11.2. The van der Waals surface area contributed by atoms with Gasteiger partial charge in [0.2, 0.25) is 0 Å². The molecule has 116 valence electrons. The minimum atomic E-state index is -0.0662. The van der Waals surface area contributed by atoms with E-state index in [0.717, 1.165) is 16.7 Å². The summed E-state index contributed by atoms with van der Waals surface area (Å²) in [5.41, 5.74) is 4.19. The summed E-state index contributed by atoms with van der Waals surface area (Å²) in [6.45, 7) is 0.545. The largest absolute Gasteiger partial charge is 0.350 e. The van der Waals surface area contributed by atoms with E-state index >= 15 is 0 Å². The van der Waals surface area contributed by atoms with Crippen LogP contribution in [0.4, 0.5) is 0 Å². The third-order valence-corrected chi connectivity index (χ3v) is 4.78. The number of carbonyl (C=O) groups is 1. The Kier molecular flexibility index (Phi) is 3.38. The quantitative estimate of drug-likeness (QED) is 0.669. The summed E-state index contributed by atoms with van der Waals surface area (Å²) < 4.78 is 2.12. The molecule has 0 spiro atoms. The highest BCUT2D eigenvalue weighted by Gasteiger charge is 2.38. The molecule has 4 rings (SSSR count). The van der Waals surface area contributed by atoms with E-state index in [2.05, 4.69) is 22.9 Å². The maximum Gasteiger partial charge on any atom is 0.255 e. The van der Waals surface area contributed by atoms with E-state index in [4.69, 9.17) is 11.6 Å². The number of rotatable bonds is 3. The van der Waals surface area contributed by atoms with Gasteiger partial charge in [0.1, 0.15) is 0 Å². The fourth-order valence-electron chi connectivity index (χ4n) is 3.62. The number of fused-ring (bicyclic) bond motifs is 2. The smallest absolute Gasteiger partial charge is 0.255 e. The van der Waals surface area contributed by atoms with E-state index in [-0.39, 0.29) is 11.9 Å². The van der Waals surface area contributed by atoms with Crippen molar-refractivity contribution in [1.29, 1.82) is 0 Å². The van der Waals surface area contributed by atoms with Crippen molar-refractivity contribution in [1.82, 2.24) is 9.47 Å². The summed E-state index contributed by atoms with van der Waals surface area (Å²) in [4.78, 5) is 14.7. The van der Waals surface area contributed by atoms with Gasteiger partial charge in [-0.2, -0.15) is 0 Å². The third-order valence-electron chi connectivity index (χ3n) is 4.61. The molecule has 2 aromatic carbocycles. The van der Waals surface area contributed by atoms with Crippen molar-refractivity contribution in [2.75, 3.05) is 12.4 Å². The fourth-order valence-corrected chi connectivity index (χ4v) is 3.80. The monoisotopic (exact) mass is 324 g/mol. The molecule has 23 heavy (non-hydrogen) atoms. The summed E-state index contributed by atoms with van der Waals surface area (Å²) in [6, 6.07) is 16.1. The Labute approximate surface area is 140 Å². The van der Waals surface area contributed by atoms with Gasteiger partial charge in [0.15, 0.2) is 0 Å². The van der Waals surface area contributed by atoms with Crippen LogP contribution in [-0.4, -0.2) is 27.8 Å². The van der Waals surface area contributed by atoms with Crippen LogP contribution in [0.25, 0.3) is 10.9 Å². The molecule has 2 heterocycles. The number of amides is 1. The molecule has 3 aromatic rings. The van der Waals surface area contributed by atoms with Crippen molar-refractivity contribution < 1.29 is 4.79 Å². The van der Waals surface area contributed by atoms with Crippen LogP contribution in [0.3, 0.4) is 0 Å². The summed E-state index contributed by atoms with van der Waals surface area (Å²) in [5.74, 6) is 0.500. The van der Waals surface area contributed by atoms with Crippen LogP contribution < -0.4 is 0 Å². The van der Waals surface area contributed by atoms with Crippen molar-refractivity contribution >= 4 is 28.4 Å². The number of nitrogens with zero attached hydrogens (tertiary/aromatic N) is 2. The zero-order valence-corrected chi connectivity index (χ0v) is 13.6. The number of aryl methyl sites for hydroxylation is 1. The van der Waals surface area contributed by atoms with Crippen molar-refractivity contribution in [2.45, 2.75) is 6.04 Å². The van der Waals surface area contributed by atoms with Gasteiger partial charge in [0.05, 0.1) is 6.04 Å². The highest BCUT2D eigenvalue weighted by Crippen LogP contribution is 2.41. The molecular formula is C19H17ClN2O. The summed E-state index contributed by atoms with van der Waals surface area (Å²) in [5, 5.41) is 1.18. The Morgan fingerprint density at radius 3 is 2.61 bits per heavy atom. The molecule has 1 amide bonds. The van der Waals surface area contributed by atoms with Crippen LogP contribution in [-0.2, 0) is 7.05 Å².